The summed E-state index contributed by atoms with van der Waals surface area (Å²) in [5.74, 6) is 0.952. The third-order valence-corrected chi connectivity index (χ3v) is 3.66. The highest BCUT2D eigenvalue weighted by atomic mass is 32.1. The molecule has 0 aromatic heterocycles. The summed E-state index contributed by atoms with van der Waals surface area (Å²) in [6, 6.07) is 6.35. The number of anilines is 1. The van der Waals surface area contributed by atoms with E-state index in [4.69, 9.17) is 0 Å². The Labute approximate surface area is 108 Å². The van der Waals surface area contributed by atoms with Crippen molar-refractivity contribution in [2.45, 2.75) is 19.4 Å². The predicted octanol–water partition coefficient (Wildman–Crippen LogP) is 1.91. The van der Waals surface area contributed by atoms with Gasteiger partial charge in [-0.15, -0.1) is 0 Å². The zero-order valence-electron chi connectivity index (χ0n) is 10.3. The molecule has 0 atom stereocenters. The van der Waals surface area contributed by atoms with Crippen LogP contribution in [0.25, 0.3) is 0 Å². The quantitative estimate of drug-likeness (QED) is 0.654. The van der Waals surface area contributed by atoms with E-state index in [-0.39, 0.29) is 5.91 Å². The first-order chi connectivity index (χ1) is 8.11. The van der Waals surface area contributed by atoms with Crippen LogP contribution in [0.4, 0.5) is 5.69 Å². The van der Waals surface area contributed by atoms with Crippen LogP contribution in [0.2, 0.25) is 0 Å². The van der Waals surface area contributed by atoms with Gasteiger partial charge in [-0.1, -0.05) is 12.1 Å². The Bertz CT molecular complexity index is 433. The van der Waals surface area contributed by atoms with Gasteiger partial charge >= 0.3 is 0 Å². The highest BCUT2D eigenvalue weighted by molar-refractivity contribution is 7.80. The van der Waals surface area contributed by atoms with E-state index in [1.165, 1.54) is 11.1 Å². The van der Waals surface area contributed by atoms with Crippen LogP contribution < -0.4 is 4.90 Å². The summed E-state index contributed by atoms with van der Waals surface area (Å²) in [6.07, 6.45) is 1.48. The van der Waals surface area contributed by atoms with Crippen LogP contribution in [-0.2, 0) is 17.8 Å². The fourth-order valence-electron chi connectivity index (χ4n) is 2.17. The first-order valence-corrected chi connectivity index (χ1v) is 6.43. The van der Waals surface area contributed by atoms with Gasteiger partial charge in [0.15, 0.2) is 0 Å². The van der Waals surface area contributed by atoms with Crippen molar-refractivity contribution < 1.29 is 4.79 Å². The zero-order valence-corrected chi connectivity index (χ0v) is 11.2. The average molecular weight is 250 g/mol. The van der Waals surface area contributed by atoms with Crippen LogP contribution in [0.3, 0.4) is 0 Å². The Morgan fingerprint density at radius 1 is 1.41 bits per heavy atom. The standard InChI is InChI=1S/C13H18N2OS/c1-14(9-17)8-10-3-5-12-11(7-10)4-6-13(16)15(12)2/h3,5,7,17H,4,6,8-9H2,1-2H3. The molecule has 1 aromatic rings. The van der Waals surface area contributed by atoms with Crippen LogP contribution in [0.15, 0.2) is 18.2 Å². The lowest BCUT2D eigenvalue weighted by molar-refractivity contribution is -0.118. The van der Waals surface area contributed by atoms with Crippen molar-refractivity contribution in [3.8, 4) is 0 Å². The molecule has 92 valence electrons. The van der Waals surface area contributed by atoms with Crippen LogP contribution in [0.1, 0.15) is 17.5 Å². The Morgan fingerprint density at radius 2 is 2.18 bits per heavy atom. The summed E-state index contributed by atoms with van der Waals surface area (Å²) in [6.45, 7) is 0.897. The second kappa shape index (κ2) is 5.10. The van der Waals surface area contributed by atoms with E-state index in [2.05, 4.69) is 29.7 Å². The molecule has 0 unspecified atom stereocenters. The molecule has 0 saturated carbocycles. The number of aryl methyl sites for hydroxylation is 1. The number of carbonyl (C=O) groups is 1. The summed E-state index contributed by atoms with van der Waals surface area (Å²) in [4.78, 5) is 15.5. The van der Waals surface area contributed by atoms with Crippen LogP contribution in [0, 0.1) is 0 Å². The highest BCUT2D eigenvalue weighted by Crippen LogP contribution is 2.27. The van der Waals surface area contributed by atoms with E-state index in [0.29, 0.717) is 6.42 Å². The lowest BCUT2D eigenvalue weighted by atomic mass is 9.99. The lowest BCUT2D eigenvalue weighted by Gasteiger charge is -2.26. The molecule has 2 rings (SSSR count). The second-order valence-corrected chi connectivity index (χ2v) is 4.85. The minimum atomic E-state index is 0.206. The van der Waals surface area contributed by atoms with E-state index >= 15 is 0 Å². The number of nitrogens with zero attached hydrogens (tertiary/aromatic N) is 2. The van der Waals surface area contributed by atoms with Crippen LogP contribution in [0.5, 0.6) is 0 Å². The monoisotopic (exact) mass is 250 g/mol. The van der Waals surface area contributed by atoms with E-state index in [0.717, 1.165) is 24.5 Å². The number of carbonyl (C=O) groups excluding carboxylic acids is 1. The number of thiol groups is 1. The van der Waals surface area contributed by atoms with Gasteiger partial charge in [-0.25, -0.2) is 0 Å². The van der Waals surface area contributed by atoms with Gasteiger partial charge in [0.1, 0.15) is 0 Å². The predicted molar refractivity (Wildman–Crippen MR) is 73.5 cm³/mol. The van der Waals surface area contributed by atoms with Crippen LogP contribution in [-0.4, -0.2) is 30.8 Å². The fourth-order valence-corrected chi connectivity index (χ4v) is 2.27. The smallest absolute Gasteiger partial charge is 0.227 e. The van der Waals surface area contributed by atoms with Crippen molar-refractivity contribution in [1.29, 1.82) is 0 Å². The summed E-state index contributed by atoms with van der Waals surface area (Å²) in [7, 11) is 3.89. The Balaban J connectivity index is 2.23. The Hall–Kier alpha value is -1.00. The topological polar surface area (TPSA) is 23.6 Å². The van der Waals surface area contributed by atoms with E-state index in [1.54, 1.807) is 4.90 Å². The average Bonchev–Trinajstić information content (AvgIpc) is 2.34. The largest absolute Gasteiger partial charge is 0.315 e. The molecule has 1 aromatic carbocycles. The van der Waals surface area contributed by atoms with Crippen molar-refractivity contribution in [2.75, 3.05) is 24.9 Å². The van der Waals surface area contributed by atoms with Crippen molar-refractivity contribution >= 4 is 24.2 Å². The summed E-state index contributed by atoms with van der Waals surface area (Å²) in [5, 5.41) is 0. The van der Waals surface area contributed by atoms with Crippen molar-refractivity contribution in [3.63, 3.8) is 0 Å². The molecular weight excluding hydrogens is 232 g/mol. The normalized spacial score (nSPS) is 15.3. The van der Waals surface area contributed by atoms with Gasteiger partial charge in [-0.05, 0) is 30.7 Å². The molecule has 3 nitrogen and oxygen atoms in total. The van der Waals surface area contributed by atoms with Crippen LogP contribution >= 0.6 is 12.6 Å². The molecule has 1 heterocycles. The van der Waals surface area contributed by atoms with Crippen molar-refractivity contribution in [2.24, 2.45) is 0 Å². The van der Waals surface area contributed by atoms with Gasteiger partial charge in [-0.2, -0.15) is 12.6 Å². The van der Waals surface area contributed by atoms with Gasteiger partial charge in [0.25, 0.3) is 0 Å². The van der Waals surface area contributed by atoms with E-state index in [9.17, 15) is 4.79 Å². The number of amides is 1. The fraction of sp³-hybridized carbons (Fsp3) is 0.462. The molecule has 0 aliphatic carbocycles. The number of benzene rings is 1. The molecule has 0 radical (unpaired) electrons. The minimum Gasteiger partial charge on any atom is -0.315 e. The molecule has 0 saturated heterocycles. The van der Waals surface area contributed by atoms with Gasteiger partial charge in [-0.3, -0.25) is 9.69 Å². The molecule has 0 fully saturated rings. The molecule has 1 aliphatic rings. The van der Waals surface area contributed by atoms with Gasteiger partial charge in [0.2, 0.25) is 5.91 Å². The molecule has 4 heteroatoms. The number of rotatable bonds is 3. The van der Waals surface area contributed by atoms with Gasteiger partial charge in [0.05, 0.1) is 0 Å². The molecule has 1 aliphatic heterocycles. The first kappa shape index (κ1) is 12.5. The maximum atomic E-state index is 11.6. The third-order valence-electron chi connectivity index (χ3n) is 3.18. The maximum Gasteiger partial charge on any atom is 0.227 e. The molecule has 17 heavy (non-hydrogen) atoms. The number of hydrogen-bond donors (Lipinski definition) is 1. The van der Waals surface area contributed by atoms with E-state index in [1.807, 2.05) is 20.2 Å². The number of fused-ring (bicyclic) bond motifs is 1. The molecule has 0 spiro atoms. The summed E-state index contributed by atoms with van der Waals surface area (Å²) in [5.41, 5.74) is 3.61. The van der Waals surface area contributed by atoms with Crippen molar-refractivity contribution in [3.05, 3.63) is 29.3 Å². The minimum absolute atomic E-state index is 0.206. The highest BCUT2D eigenvalue weighted by Gasteiger charge is 2.20. The number of hydrogen-bond acceptors (Lipinski definition) is 3. The summed E-state index contributed by atoms with van der Waals surface area (Å²) >= 11 is 4.24. The summed E-state index contributed by atoms with van der Waals surface area (Å²) < 4.78 is 0. The maximum absolute atomic E-state index is 11.6. The van der Waals surface area contributed by atoms with Gasteiger partial charge in [0, 0.05) is 31.6 Å². The second-order valence-electron chi connectivity index (χ2n) is 4.57. The molecular formula is C13H18N2OS. The first-order valence-electron chi connectivity index (χ1n) is 5.79. The Kier molecular flexibility index (Phi) is 3.74. The third kappa shape index (κ3) is 2.64. The van der Waals surface area contributed by atoms with E-state index < -0.39 is 0 Å². The van der Waals surface area contributed by atoms with Crippen molar-refractivity contribution in [1.82, 2.24) is 4.90 Å². The molecule has 0 bridgehead atoms. The Morgan fingerprint density at radius 3 is 2.88 bits per heavy atom. The molecule has 1 amide bonds. The zero-order chi connectivity index (χ0) is 12.4. The lowest BCUT2D eigenvalue weighted by Crippen LogP contribution is -2.31. The van der Waals surface area contributed by atoms with Gasteiger partial charge < -0.3 is 4.90 Å². The molecule has 0 N–H and O–H groups in total. The SMILES string of the molecule is CN(CS)Cc1ccc2c(c1)CCC(=O)N2C.